The van der Waals surface area contributed by atoms with E-state index >= 15 is 0 Å². The van der Waals surface area contributed by atoms with Crippen LogP contribution in [0, 0.1) is 6.92 Å². The summed E-state index contributed by atoms with van der Waals surface area (Å²) in [4.78, 5) is 28.8. The largest absolute Gasteiger partial charge is 0.497 e. The number of halogens is 1. The van der Waals surface area contributed by atoms with Crippen molar-refractivity contribution in [1.29, 1.82) is 0 Å². The normalized spacial score (nSPS) is 11.9. The third kappa shape index (κ3) is 8.47. The zero-order chi connectivity index (χ0) is 30.0. The second-order valence-corrected chi connectivity index (χ2v) is 12.0. The van der Waals surface area contributed by atoms with Crippen LogP contribution in [0.25, 0.3) is 0 Å². The van der Waals surface area contributed by atoms with Crippen LogP contribution in [0.1, 0.15) is 44.2 Å². The van der Waals surface area contributed by atoms with E-state index in [0.717, 1.165) is 28.3 Å². The molecular weight excluding hydrogens is 562 g/mol. The predicted molar refractivity (Wildman–Crippen MR) is 163 cm³/mol. The molecule has 0 fully saturated rings. The average Bonchev–Trinajstić information content (AvgIpc) is 2.97. The summed E-state index contributed by atoms with van der Waals surface area (Å²) in [5.74, 6) is -0.114. The summed E-state index contributed by atoms with van der Waals surface area (Å²) in [6, 6.07) is 19.1. The maximum Gasteiger partial charge on any atom is 0.264 e. The van der Waals surface area contributed by atoms with Gasteiger partial charge in [0.15, 0.2) is 0 Å². The van der Waals surface area contributed by atoms with Gasteiger partial charge in [0.1, 0.15) is 18.3 Å². The number of hydrogen-bond donors (Lipinski definition) is 1. The molecule has 220 valence electrons. The Morgan fingerprint density at radius 1 is 0.951 bits per heavy atom. The summed E-state index contributed by atoms with van der Waals surface area (Å²) < 4.78 is 34.1. The molecule has 8 nitrogen and oxygen atoms in total. The quantitative estimate of drug-likeness (QED) is 0.244. The van der Waals surface area contributed by atoms with Gasteiger partial charge in [-0.3, -0.25) is 13.9 Å². The third-order valence-corrected chi connectivity index (χ3v) is 8.77. The Morgan fingerprint density at radius 2 is 1.59 bits per heavy atom. The van der Waals surface area contributed by atoms with Crippen LogP contribution in [0.3, 0.4) is 0 Å². The first kappa shape index (κ1) is 32.0. The van der Waals surface area contributed by atoms with Crippen molar-refractivity contribution in [1.82, 2.24) is 10.2 Å². The second-order valence-electron chi connectivity index (χ2n) is 9.74. The van der Waals surface area contributed by atoms with Gasteiger partial charge in [-0.1, -0.05) is 61.7 Å². The molecule has 2 amide bonds. The van der Waals surface area contributed by atoms with E-state index in [2.05, 4.69) is 5.32 Å². The lowest BCUT2D eigenvalue weighted by Gasteiger charge is -2.33. The van der Waals surface area contributed by atoms with Crippen LogP contribution in [0.2, 0.25) is 5.02 Å². The summed E-state index contributed by atoms with van der Waals surface area (Å²) >= 11 is 6.01. The Kier molecular flexibility index (Phi) is 11.6. The molecule has 0 aliphatic rings. The molecule has 0 aromatic heterocycles. The van der Waals surface area contributed by atoms with E-state index in [1.165, 1.54) is 29.2 Å². The third-order valence-electron chi connectivity index (χ3n) is 6.73. The number of nitrogens with zero attached hydrogens (tertiary/aromatic N) is 2. The average molecular weight is 600 g/mol. The first-order chi connectivity index (χ1) is 19.6. The van der Waals surface area contributed by atoms with E-state index in [4.69, 9.17) is 16.3 Å². The van der Waals surface area contributed by atoms with Crippen molar-refractivity contribution >= 4 is 39.1 Å². The number of unbranched alkanes of at least 4 members (excludes halogenated alkanes) is 1. The van der Waals surface area contributed by atoms with Gasteiger partial charge in [-0.05, 0) is 73.9 Å². The minimum atomic E-state index is -4.15. The number of benzene rings is 3. The number of carbonyl (C=O) groups excluding carboxylic acids is 2. The van der Waals surface area contributed by atoms with Gasteiger partial charge in [0, 0.05) is 18.1 Å². The molecule has 0 heterocycles. The molecule has 0 spiro atoms. The van der Waals surface area contributed by atoms with Crippen molar-refractivity contribution in [2.45, 2.75) is 57.5 Å². The molecule has 0 unspecified atom stereocenters. The molecule has 0 saturated heterocycles. The molecule has 0 aliphatic heterocycles. The Balaban J connectivity index is 2.02. The lowest BCUT2D eigenvalue weighted by Crippen LogP contribution is -2.52. The fourth-order valence-corrected chi connectivity index (χ4v) is 5.87. The van der Waals surface area contributed by atoms with Crippen molar-refractivity contribution in [3.8, 4) is 5.75 Å². The van der Waals surface area contributed by atoms with Crippen molar-refractivity contribution in [2.75, 3.05) is 24.5 Å². The van der Waals surface area contributed by atoms with Gasteiger partial charge in [-0.25, -0.2) is 8.42 Å². The maximum absolute atomic E-state index is 14.1. The first-order valence-corrected chi connectivity index (χ1v) is 15.5. The van der Waals surface area contributed by atoms with Gasteiger partial charge in [0.2, 0.25) is 11.8 Å². The van der Waals surface area contributed by atoms with E-state index in [9.17, 15) is 18.0 Å². The monoisotopic (exact) mass is 599 g/mol. The summed E-state index contributed by atoms with van der Waals surface area (Å²) in [5.41, 5.74) is 2.06. The molecule has 0 aliphatic carbocycles. The number of hydrogen-bond acceptors (Lipinski definition) is 5. The molecule has 0 saturated carbocycles. The summed E-state index contributed by atoms with van der Waals surface area (Å²) in [6.07, 6.45) is 2.09. The Hall–Kier alpha value is -3.56. The van der Waals surface area contributed by atoms with Crippen LogP contribution in [0.4, 0.5) is 5.69 Å². The van der Waals surface area contributed by atoms with E-state index in [0.29, 0.717) is 29.4 Å². The molecule has 3 aromatic rings. The highest BCUT2D eigenvalue weighted by atomic mass is 35.5. The number of ether oxygens (including phenoxy) is 1. The SMILES string of the molecule is CCCCNC(=O)[C@H](CC)N(Cc1ccc(OC)cc1)C(=O)CN(c1ccc(C)cc1)S(=O)(=O)c1ccc(Cl)cc1. The summed E-state index contributed by atoms with van der Waals surface area (Å²) in [7, 11) is -2.59. The number of carbonyl (C=O) groups is 2. The maximum atomic E-state index is 14.1. The Morgan fingerprint density at radius 3 is 2.15 bits per heavy atom. The number of anilines is 1. The molecule has 0 bridgehead atoms. The standard InChI is InChI=1S/C31H38ClN3O5S/c1-5-7-20-33-31(37)29(6-2)34(21-24-10-16-27(40-4)17-11-24)30(36)22-35(26-14-8-23(3)9-15-26)41(38,39)28-18-12-25(32)13-19-28/h8-19,29H,5-7,20-22H2,1-4H3,(H,33,37)/t29-/m0/s1. The molecule has 0 radical (unpaired) electrons. The van der Waals surface area contributed by atoms with Gasteiger partial charge in [-0.15, -0.1) is 0 Å². The molecule has 3 aromatic carbocycles. The highest BCUT2D eigenvalue weighted by Crippen LogP contribution is 2.26. The predicted octanol–water partition coefficient (Wildman–Crippen LogP) is 5.58. The fourth-order valence-electron chi connectivity index (χ4n) is 4.33. The summed E-state index contributed by atoms with van der Waals surface area (Å²) in [5, 5.41) is 3.33. The van der Waals surface area contributed by atoms with Crippen LogP contribution in [0.5, 0.6) is 5.75 Å². The van der Waals surface area contributed by atoms with Crippen LogP contribution >= 0.6 is 11.6 Å². The van der Waals surface area contributed by atoms with Gasteiger partial charge < -0.3 is 15.0 Å². The van der Waals surface area contributed by atoms with E-state index in [1.807, 2.05) is 32.9 Å². The first-order valence-electron chi connectivity index (χ1n) is 13.7. The van der Waals surface area contributed by atoms with Crippen LogP contribution in [-0.4, -0.2) is 51.4 Å². The van der Waals surface area contributed by atoms with Crippen molar-refractivity contribution < 1.29 is 22.7 Å². The topological polar surface area (TPSA) is 96.0 Å². The molecule has 1 atom stereocenters. The van der Waals surface area contributed by atoms with E-state index < -0.39 is 28.5 Å². The second kappa shape index (κ2) is 14.9. The number of aryl methyl sites for hydroxylation is 1. The fraction of sp³-hybridized carbons (Fsp3) is 0.355. The van der Waals surface area contributed by atoms with Crippen molar-refractivity contribution in [2.24, 2.45) is 0 Å². The number of methoxy groups -OCH3 is 1. The van der Waals surface area contributed by atoms with Gasteiger partial charge in [0.05, 0.1) is 17.7 Å². The van der Waals surface area contributed by atoms with Crippen LogP contribution < -0.4 is 14.4 Å². The number of nitrogens with one attached hydrogen (secondary N) is 1. The van der Waals surface area contributed by atoms with Gasteiger partial charge >= 0.3 is 0 Å². The molecule has 3 rings (SSSR count). The molecule has 41 heavy (non-hydrogen) atoms. The van der Waals surface area contributed by atoms with Gasteiger partial charge in [-0.2, -0.15) is 0 Å². The van der Waals surface area contributed by atoms with Crippen molar-refractivity contribution in [3.63, 3.8) is 0 Å². The van der Waals surface area contributed by atoms with E-state index in [1.54, 1.807) is 43.5 Å². The minimum absolute atomic E-state index is 0.00123. The van der Waals surface area contributed by atoms with E-state index in [-0.39, 0.29) is 17.3 Å². The zero-order valence-corrected chi connectivity index (χ0v) is 25.5. The highest BCUT2D eigenvalue weighted by Gasteiger charge is 2.33. The van der Waals surface area contributed by atoms with Crippen molar-refractivity contribution in [3.05, 3.63) is 88.9 Å². The lowest BCUT2D eigenvalue weighted by molar-refractivity contribution is -0.140. The smallest absolute Gasteiger partial charge is 0.264 e. The number of amides is 2. The van der Waals surface area contributed by atoms with Crippen LogP contribution in [0.15, 0.2) is 77.7 Å². The number of rotatable bonds is 14. The minimum Gasteiger partial charge on any atom is -0.497 e. The number of sulfonamides is 1. The summed E-state index contributed by atoms with van der Waals surface area (Å²) in [6.45, 7) is 5.88. The Labute approximate surface area is 248 Å². The lowest BCUT2D eigenvalue weighted by atomic mass is 10.1. The molecule has 1 N–H and O–H groups in total. The van der Waals surface area contributed by atoms with Gasteiger partial charge in [0.25, 0.3) is 10.0 Å². The molecular formula is C31H38ClN3O5S. The molecule has 10 heteroatoms. The zero-order valence-electron chi connectivity index (χ0n) is 24.0. The highest BCUT2D eigenvalue weighted by molar-refractivity contribution is 7.92. The Bertz CT molecular complexity index is 1400. The van der Waals surface area contributed by atoms with Crippen LogP contribution in [-0.2, 0) is 26.2 Å².